The summed E-state index contributed by atoms with van der Waals surface area (Å²) in [6, 6.07) is 14.4. The van der Waals surface area contributed by atoms with Gasteiger partial charge in [0.1, 0.15) is 6.04 Å². The average Bonchev–Trinajstić information content (AvgIpc) is 3.03. The molecule has 1 aromatic heterocycles. The van der Waals surface area contributed by atoms with E-state index >= 15 is 0 Å². The average molecular weight is 635 g/mol. The Kier molecular flexibility index (Phi) is 8.21. The number of rotatable bonds is 6. The molecular formula is C36H37F3N2O5. The minimum atomic E-state index is -4.82. The van der Waals surface area contributed by atoms with Gasteiger partial charge in [0.05, 0.1) is 16.6 Å². The number of carbonyl (C=O) groups excluding carboxylic acids is 1. The Labute approximate surface area is 264 Å². The summed E-state index contributed by atoms with van der Waals surface area (Å²) in [6.45, 7) is 3.34. The molecule has 0 radical (unpaired) electrons. The zero-order valence-corrected chi connectivity index (χ0v) is 25.9. The molecule has 2 heterocycles. The van der Waals surface area contributed by atoms with Gasteiger partial charge in [0.2, 0.25) is 5.91 Å². The third-order valence-corrected chi connectivity index (χ3v) is 10.4. The minimum Gasteiger partial charge on any atom is -0.480 e. The third-order valence-electron chi connectivity index (χ3n) is 10.4. The summed E-state index contributed by atoms with van der Waals surface area (Å²) in [7, 11) is 1.45. The summed E-state index contributed by atoms with van der Waals surface area (Å²) in [6.07, 6.45) is 0.136. The number of para-hydroxylation sites is 1. The van der Waals surface area contributed by atoms with Crippen molar-refractivity contribution in [1.82, 2.24) is 9.88 Å². The van der Waals surface area contributed by atoms with Crippen molar-refractivity contribution in [3.8, 4) is 11.1 Å². The maximum absolute atomic E-state index is 14.7. The number of aryl methyl sites for hydroxylation is 1. The van der Waals surface area contributed by atoms with Gasteiger partial charge < -0.3 is 19.7 Å². The summed E-state index contributed by atoms with van der Waals surface area (Å²) in [5, 5.41) is 13.7. The molecular weight excluding hydrogens is 597 g/mol. The van der Waals surface area contributed by atoms with Crippen molar-refractivity contribution in [3.05, 3.63) is 82.1 Å². The fourth-order valence-electron chi connectivity index (χ4n) is 7.43. The third kappa shape index (κ3) is 5.68. The Balaban J connectivity index is 1.35. The first-order chi connectivity index (χ1) is 21.8. The van der Waals surface area contributed by atoms with Crippen LogP contribution in [0.1, 0.15) is 56.6 Å². The number of carboxylic acids is 1. The molecule has 0 bridgehead atoms. The maximum atomic E-state index is 14.7. The van der Waals surface area contributed by atoms with Crippen molar-refractivity contribution < 1.29 is 32.6 Å². The first-order valence-electron chi connectivity index (χ1n) is 15.7. The minimum absolute atomic E-state index is 0.0823. The predicted octanol–water partition coefficient (Wildman–Crippen LogP) is 6.87. The first-order valence-corrected chi connectivity index (χ1v) is 15.7. The molecule has 2 N–H and O–H groups in total. The molecule has 46 heavy (non-hydrogen) atoms. The highest BCUT2D eigenvalue weighted by atomic mass is 19.4. The summed E-state index contributed by atoms with van der Waals surface area (Å²) >= 11 is 0. The van der Waals surface area contributed by atoms with Crippen LogP contribution in [0.5, 0.6) is 0 Å². The summed E-state index contributed by atoms with van der Waals surface area (Å²) in [4.78, 5) is 39.6. The monoisotopic (exact) mass is 634 g/mol. The SMILES string of the molecule is Cn1c(=O)c(-c2cccc3c(C[C@H](NC(=O)C4(C)CCC5(CCOCC5)CC4)C(=O)O)cccc23)c(C(F)(F)F)c2ccccc21. The van der Waals surface area contributed by atoms with Crippen LogP contribution in [0.25, 0.3) is 32.8 Å². The van der Waals surface area contributed by atoms with Crippen LogP contribution >= 0.6 is 0 Å². The maximum Gasteiger partial charge on any atom is 0.417 e. The van der Waals surface area contributed by atoms with Crippen molar-refractivity contribution in [3.63, 3.8) is 0 Å². The number of carbonyl (C=O) groups is 2. The second-order valence-corrected chi connectivity index (χ2v) is 13.2. The number of benzene rings is 3. The van der Waals surface area contributed by atoms with Crippen molar-refractivity contribution in [2.24, 2.45) is 17.9 Å². The molecule has 1 aliphatic heterocycles. The predicted molar refractivity (Wildman–Crippen MR) is 169 cm³/mol. The van der Waals surface area contributed by atoms with E-state index in [4.69, 9.17) is 4.74 Å². The molecule has 242 valence electrons. The van der Waals surface area contributed by atoms with E-state index in [0.29, 0.717) is 29.2 Å². The van der Waals surface area contributed by atoms with Gasteiger partial charge in [0, 0.05) is 37.5 Å². The highest BCUT2D eigenvalue weighted by Gasteiger charge is 2.45. The molecule has 2 aliphatic rings. The van der Waals surface area contributed by atoms with Crippen LogP contribution in [0, 0.1) is 10.8 Å². The number of nitrogens with one attached hydrogen (secondary N) is 1. The van der Waals surface area contributed by atoms with E-state index in [1.54, 1.807) is 36.4 Å². The lowest BCUT2D eigenvalue weighted by Crippen LogP contribution is -2.50. The number of hydrogen-bond acceptors (Lipinski definition) is 4. The highest BCUT2D eigenvalue weighted by molar-refractivity contribution is 6.02. The van der Waals surface area contributed by atoms with Gasteiger partial charge in [-0.3, -0.25) is 9.59 Å². The van der Waals surface area contributed by atoms with Crippen LogP contribution in [-0.4, -0.2) is 40.8 Å². The molecule has 6 rings (SSSR count). The zero-order valence-electron chi connectivity index (χ0n) is 25.9. The van der Waals surface area contributed by atoms with Gasteiger partial charge in [-0.1, -0.05) is 61.5 Å². The van der Waals surface area contributed by atoms with Gasteiger partial charge in [-0.15, -0.1) is 0 Å². The van der Waals surface area contributed by atoms with Gasteiger partial charge in [-0.05, 0) is 71.9 Å². The molecule has 3 aromatic carbocycles. The van der Waals surface area contributed by atoms with Crippen molar-refractivity contribution in [1.29, 1.82) is 0 Å². The Morgan fingerprint density at radius 2 is 1.54 bits per heavy atom. The smallest absolute Gasteiger partial charge is 0.417 e. The molecule has 7 nitrogen and oxygen atoms in total. The number of halogens is 3. The molecule has 1 saturated carbocycles. The number of aliphatic carboxylic acids is 1. The quantitative estimate of drug-likeness (QED) is 0.241. The summed E-state index contributed by atoms with van der Waals surface area (Å²) < 4.78 is 50.7. The van der Waals surface area contributed by atoms with Crippen LogP contribution in [-0.2, 0) is 34.0 Å². The summed E-state index contributed by atoms with van der Waals surface area (Å²) in [5.74, 6) is -1.51. The molecule has 1 atom stereocenters. The van der Waals surface area contributed by atoms with Gasteiger partial charge in [0.25, 0.3) is 5.56 Å². The second kappa shape index (κ2) is 11.9. The topological polar surface area (TPSA) is 97.6 Å². The molecule has 2 fully saturated rings. The molecule has 10 heteroatoms. The molecule has 4 aromatic rings. The number of nitrogens with zero attached hydrogens (tertiary/aromatic N) is 1. The van der Waals surface area contributed by atoms with Crippen LogP contribution < -0.4 is 10.9 Å². The highest BCUT2D eigenvalue weighted by Crippen LogP contribution is 2.50. The van der Waals surface area contributed by atoms with E-state index in [-0.39, 0.29) is 34.2 Å². The lowest BCUT2D eigenvalue weighted by molar-refractivity contribution is -0.145. The normalized spacial score (nSPS) is 18.5. The lowest BCUT2D eigenvalue weighted by atomic mass is 9.61. The Morgan fingerprint density at radius 1 is 0.913 bits per heavy atom. The van der Waals surface area contributed by atoms with Gasteiger partial charge in [-0.25, -0.2) is 4.79 Å². The van der Waals surface area contributed by atoms with Crippen LogP contribution in [0.3, 0.4) is 0 Å². The molecule has 1 amide bonds. The standard InChI is InChI=1S/C36H37F3N2O5/c1-34(13-15-35(16-14-34)17-19-46-20-18-35)33(45)40-27(32(43)44)21-22-7-5-10-24-23(22)9-6-11-25(24)29-30(36(37,38)39)26-8-3-4-12-28(26)41(2)31(29)42/h3-12,27H,13-21H2,1-2H3,(H,40,45)(H,43,44)/t27-/m0/s1. The van der Waals surface area contributed by atoms with Gasteiger partial charge in [0.15, 0.2) is 0 Å². The number of alkyl halides is 3. The molecule has 1 spiro atoms. The van der Waals surface area contributed by atoms with Gasteiger partial charge in [-0.2, -0.15) is 13.2 Å². The zero-order chi connectivity index (χ0) is 32.9. The van der Waals surface area contributed by atoms with E-state index < -0.39 is 40.3 Å². The van der Waals surface area contributed by atoms with E-state index in [1.807, 2.05) is 6.92 Å². The lowest BCUT2D eigenvalue weighted by Gasteiger charge is -2.46. The van der Waals surface area contributed by atoms with Crippen molar-refractivity contribution >= 4 is 33.6 Å². The number of hydrogen-bond donors (Lipinski definition) is 2. The molecule has 0 unspecified atom stereocenters. The number of pyridine rings is 1. The van der Waals surface area contributed by atoms with E-state index in [2.05, 4.69) is 5.32 Å². The van der Waals surface area contributed by atoms with Crippen LogP contribution in [0.15, 0.2) is 65.5 Å². The molecule has 1 aliphatic carbocycles. The number of aromatic nitrogens is 1. The van der Waals surface area contributed by atoms with Crippen molar-refractivity contribution in [2.45, 2.75) is 64.1 Å². The van der Waals surface area contributed by atoms with Crippen LogP contribution in [0.2, 0.25) is 0 Å². The first kappa shape index (κ1) is 31.8. The number of carboxylic acid groups (broad SMARTS) is 1. The largest absolute Gasteiger partial charge is 0.480 e. The fourth-order valence-corrected chi connectivity index (χ4v) is 7.43. The number of ether oxygens (including phenoxy) is 1. The number of amides is 1. The second-order valence-electron chi connectivity index (χ2n) is 13.2. The Morgan fingerprint density at radius 3 is 2.22 bits per heavy atom. The van der Waals surface area contributed by atoms with E-state index in [9.17, 15) is 32.7 Å². The van der Waals surface area contributed by atoms with Crippen molar-refractivity contribution in [2.75, 3.05) is 13.2 Å². The Hall–Kier alpha value is -4.18. The Bertz CT molecular complexity index is 1880. The summed E-state index contributed by atoms with van der Waals surface area (Å²) in [5.41, 5.74) is -1.98. The fraction of sp³-hybridized carbons (Fsp3) is 0.417. The number of fused-ring (bicyclic) bond motifs is 2. The van der Waals surface area contributed by atoms with E-state index in [0.717, 1.165) is 38.9 Å². The van der Waals surface area contributed by atoms with Crippen LogP contribution in [0.4, 0.5) is 13.2 Å². The van der Waals surface area contributed by atoms with Gasteiger partial charge >= 0.3 is 12.1 Å². The molecule has 1 saturated heterocycles. The van der Waals surface area contributed by atoms with E-state index in [1.165, 1.54) is 35.9 Å².